The van der Waals surface area contributed by atoms with Crippen LogP contribution in [0.25, 0.3) is 0 Å². The highest BCUT2D eigenvalue weighted by atomic mass is 16.6. The van der Waals surface area contributed by atoms with E-state index in [0.29, 0.717) is 13.2 Å². The molecule has 1 heterocycles. The van der Waals surface area contributed by atoms with E-state index in [4.69, 9.17) is 9.47 Å². The number of benzene rings is 2. The first-order valence-corrected chi connectivity index (χ1v) is 7.59. The molecule has 2 aromatic rings. The van der Waals surface area contributed by atoms with Crippen LogP contribution in [0.1, 0.15) is 5.56 Å². The van der Waals surface area contributed by atoms with E-state index in [-0.39, 0.29) is 12.1 Å². The Balaban J connectivity index is 1.57. The zero-order valence-electron chi connectivity index (χ0n) is 13.3. The van der Waals surface area contributed by atoms with Crippen LogP contribution in [0.5, 0.6) is 11.5 Å². The van der Waals surface area contributed by atoms with E-state index in [1.165, 1.54) is 0 Å². The van der Waals surface area contributed by atoms with E-state index in [1.54, 1.807) is 11.9 Å². The average Bonchev–Trinajstić information content (AvgIpc) is 2.54. The van der Waals surface area contributed by atoms with Crippen LogP contribution in [0.4, 0.5) is 10.5 Å². The maximum absolute atomic E-state index is 12.3. The summed E-state index contributed by atoms with van der Waals surface area (Å²) in [5, 5.41) is 2.88. The molecule has 2 amide bonds. The molecule has 1 aliphatic rings. The molecule has 0 bridgehead atoms. The Kier molecular flexibility index (Phi) is 4.37. The molecule has 0 spiro atoms. The molecule has 5 heteroatoms. The first kappa shape index (κ1) is 15.2. The zero-order valence-corrected chi connectivity index (χ0v) is 13.3. The fourth-order valence-electron chi connectivity index (χ4n) is 2.48. The van der Waals surface area contributed by atoms with E-state index in [9.17, 15) is 4.79 Å². The number of carbonyl (C=O) groups is 1. The lowest BCUT2D eigenvalue weighted by Crippen LogP contribution is -2.43. The lowest BCUT2D eigenvalue weighted by atomic mass is 10.2. The number of fused-ring (bicyclic) bond motifs is 1. The first-order valence-electron chi connectivity index (χ1n) is 7.59. The first-order chi connectivity index (χ1) is 11.1. The summed E-state index contributed by atoms with van der Waals surface area (Å²) < 4.78 is 11.5. The molecule has 0 aromatic heterocycles. The lowest BCUT2D eigenvalue weighted by Gasteiger charge is -2.29. The third-order valence-electron chi connectivity index (χ3n) is 3.66. The van der Waals surface area contributed by atoms with Gasteiger partial charge >= 0.3 is 6.03 Å². The van der Waals surface area contributed by atoms with Crippen LogP contribution in [0.15, 0.2) is 48.5 Å². The van der Waals surface area contributed by atoms with Gasteiger partial charge in [-0.3, -0.25) is 0 Å². The highest BCUT2D eigenvalue weighted by Gasteiger charge is 2.23. The Morgan fingerprint density at radius 1 is 1.22 bits per heavy atom. The summed E-state index contributed by atoms with van der Waals surface area (Å²) in [4.78, 5) is 13.9. The minimum absolute atomic E-state index is 0.168. The van der Waals surface area contributed by atoms with Gasteiger partial charge in [-0.2, -0.15) is 0 Å². The van der Waals surface area contributed by atoms with Crippen molar-refractivity contribution in [2.45, 2.75) is 13.0 Å². The predicted molar refractivity (Wildman–Crippen MR) is 89.2 cm³/mol. The fraction of sp³-hybridized carbons (Fsp3) is 0.278. The number of urea groups is 1. The number of rotatable bonds is 3. The number of aryl methyl sites for hydroxylation is 1. The van der Waals surface area contributed by atoms with Gasteiger partial charge in [-0.1, -0.05) is 24.3 Å². The second-order valence-corrected chi connectivity index (χ2v) is 5.68. The number of para-hydroxylation sites is 2. The minimum Gasteiger partial charge on any atom is -0.486 e. The van der Waals surface area contributed by atoms with Crippen molar-refractivity contribution in [3.8, 4) is 11.5 Å². The van der Waals surface area contributed by atoms with Crippen LogP contribution in [-0.2, 0) is 0 Å². The number of nitrogens with zero attached hydrogens (tertiary/aromatic N) is 1. The second-order valence-electron chi connectivity index (χ2n) is 5.68. The van der Waals surface area contributed by atoms with Crippen molar-refractivity contribution in [3.05, 3.63) is 54.1 Å². The van der Waals surface area contributed by atoms with Crippen molar-refractivity contribution in [1.29, 1.82) is 0 Å². The molecule has 1 aliphatic heterocycles. The standard InChI is InChI=1S/C18H20N2O3/c1-13-6-5-7-14(10-13)19-18(21)20(2)11-15-12-22-16-8-3-4-9-17(16)23-15/h3-10,15H,11-12H2,1-2H3,(H,19,21). The molecule has 5 nitrogen and oxygen atoms in total. The molecule has 1 atom stereocenters. The molecule has 3 rings (SSSR count). The van der Waals surface area contributed by atoms with Crippen LogP contribution >= 0.6 is 0 Å². The highest BCUT2D eigenvalue weighted by Crippen LogP contribution is 2.30. The van der Waals surface area contributed by atoms with Crippen molar-refractivity contribution < 1.29 is 14.3 Å². The van der Waals surface area contributed by atoms with Crippen LogP contribution in [-0.4, -0.2) is 37.2 Å². The van der Waals surface area contributed by atoms with Crippen molar-refractivity contribution in [3.63, 3.8) is 0 Å². The number of anilines is 1. The largest absolute Gasteiger partial charge is 0.486 e. The molecular formula is C18H20N2O3. The van der Waals surface area contributed by atoms with Crippen LogP contribution in [0.2, 0.25) is 0 Å². The molecule has 0 radical (unpaired) electrons. The number of ether oxygens (including phenoxy) is 2. The maximum Gasteiger partial charge on any atom is 0.321 e. The zero-order chi connectivity index (χ0) is 16.2. The normalized spacial score (nSPS) is 15.8. The summed E-state index contributed by atoms with van der Waals surface area (Å²) in [6, 6.07) is 15.1. The van der Waals surface area contributed by atoms with Gasteiger partial charge in [0, 0.05) is 12.7 Å². The Morgan fingerprint density at radius 3 is 2.78 bits per heavy atom. The van der Waals surface area contributed by atoms with Crippen LogP contribution < -0.4 is 14.8 Å². The van der Waals surface area contributed by atoms with Gasteiger partial charge in [0.25, 0.3) is 0 Å². The monoisotopic (exact) mass is 312 g/mol. The molecule has 1 unspecified atom stereocenters. The van der Waals surface area contributed by atoms with E-state index in [1.807, 2.05) is 55.5 Å². The summed E-state index contributed by atoms with van der Waals surface area (Å²) >= 11 is 0. The van der Waals surface area contributed by atoms with E-state index in [2.05, 4.69) is 5.32 Å². The van der Waals surface area contributed by atoms with E-state index in [0.717, 1.165) is 22.7 Å². The minimum atomic E-state index is -0.182. The Labute approximate surface area is 135 Å². The lowest BCUT2D eigenvalue weighted by molar-refractivity contribution is 0.0731. The second kappa shape index (κ2) is 6.60. The molecule has 23 heavy (non-hydrogen) atoms. The van der Waals surface area contributed by atoms with Crippen molar-refractivity contribution in [2.75, 3.05) is 25.5 Å². The summed E-state index contributed by atoms with van der Waals surface area (Å²) in [5.41, 5.74) is 1.89. The number of likely N-dealkylation sites (N-methyl/N-ethyl adjacent to an activating group) is 1. The van der Waals surface area contributed by atoms with E-state index >= 15 is 0 Å². The average molecular weight is 312 g/mol. The summed E-state index contributed by atoms with van der Waals surface area (Å²) in [6.45, 7) is 2.87. The Morgan fingerprint density at radius 2 is 2.00 bits per heavy atom. The number of hydrogen-bond acceptors (Lipinski definition) is 3. The summed E-state index contributed by atoms with van der Waals surface area (Å²) in [7, 11) is 1.75. The van der Waals surface area contributed by atoms with Crippen molar-refractivity contribution in [1.82, 2.24) is 4.90 Å². The number of hydrogen-bond donors (Lipinski definition) is 1. The number of carbonyl (C=O) groups excluding carboxylic acids is 1. The van der Waals surface area contributed by atoms with Gasteiger partial charge in [0.2, 0.25) is 0 Å². The van der Waals surface area contributed by atoms with Gasteiger partial charge in [0.15, 0.2) is 17.6 Å². The van der Waals surface area contributed by atoms with Gasteiger partial charge in [-0.25, -0.2) is 4.79 Å². The molecule has 120 valence electrons. The molecule has 2 aromatic carbocycles. The highest BCUT2D eigenvalue weighted by molar-refractivity contribution is 5.89. The summed E-state index contributed by atoms with van der Waals surface area (Å²) in [6.07, 6.45) is -0.182. The molecule has 1 N–H and O–H groups in total. The third kappa shape index (κ3) is 3.74. The predicted octanol–water partition coefficient (Wildman–Crippen LogP) is 3.30. The van der Waals surface area contributed by atoms with Crippen LogP contribution in [0.3, 0.4) is 0 Å². The Bertz CT molecular complexity index is 702. The van der Waals surface area contributed by atoms with Gasteiger partial charge in [-0.05, 0) is 36.8 Å². The van der Waals surface area contributed by atoms with Crippen molar-refractivity contribution >= 4 is 11.7 Å². The molecule has 0 saturated heterocycles. The van der Waals surface area contributed by atoms with E-state index < -0.39 is 0 Å². The molecule has 0 saturated carbocycles. The van der Waals surface area contributed by atoms with Crippen molar-refractivity contribution in [2.24, 2.45) is 0 Å². The SMILES string of the molecule is Cc1cccc(NC(=O)N(C)CC2COc3ccccc3O2)c1. The Hall–Kier alpha value is -2.69. The maximum atomic E-state index is 12.3. The smallest absolute Gasteiger partial charge is 0.321 e. The van der Waals surface area contributed by atoms with Gasteiger partial charge in [0.05, 0.1) is 6.54 Å². The van der Waals surface area contributed by atoms with Crippen LogP contribution in [0, 0.1) is 6.92 Å². The van der Waals surface area contributed by atoms with Gasteiger partial charge < -0.3 is 19.7 Å². The fourth-order valence-corrected chi connectivity index (χ4v) is 2.48. The molecule has 0 fully saturated rings. The third-order valence-corrected chi connectivity index (χ3v) is 3.66. The topological polar surface area (TPSA) is 50.8 Å². The van der Waals surface area contributed by atoms with Gasteiger partial charge in [-0.15, -0.1) is 0 Å². The number of nitrogens with one attached hydrogen (secondary N) is 1. The summed E-state index contributed by atoms with van der Waals surface area (Å²) in [5.74, 6) is 1.46. The van der Waals surface area contributed by atoms with Gasteiger partial charge in [0.1, 0.15) is 6.61 Å². The molecular weight excluding hydrogens is 292 g/mol. The molecule has 0 aliphatic carbocycles. The number of amides is 2. The quantitative estimate of drug-likeness (QED) is 0.946.